The summed E-state index contributed by atoms with van der Waals surface area (Å²) in [6.45, 7) is 5.46. The maximum atomic E-state index is 5.78. The zero-order valence-electron chi connectivity index (χ0n) is 11.4. The van der Waals surface area contributed by atoms with Crippen LogP contribution in [0.3, 0.4) is 0 Å². The van der Waals surface area contributed by atoms with E-state index in [2.05, 4.69) is 15.0 Å². The molecule has 0 aliphatic carbocycles. The van der Waals surface area contributed by atoms with Crippen LogP contribution in [-0.2, 0) is 11.3 Å². The molecule has 6 heteroatoms. The predicted octanol–water partition coefficient (Wildman–Crippen LogP) is 0.859. The third-order valence-electron chi connectivity index (χ3n) is 3.43. The number of ether oxygens (including phenoxy) is 1. The van der Waals surface area contributed by atoms with Crippen LogP contribution in [0.25, 0.3) is 11.4 Å². The second-order valence-electron chi connectivity index (χ2n) is 4.91. The van der Waals surface area contributed by atoms with Gasteiger partial charge in [-0.2, -0.15) is 5.10 Å². The van der Waals surface area contributed by atoms with Crippen molar-refractivity contribution in [2.24, 2.45) is 0 Å². The molecule has 1 fully saturated rings. The number of nitrogens with zero attached hydrogens (tertiary/aromatic N) is 4. The van der Waals surface area contributed by atoms with Gasteiger partial charge in [-0.1, -0.05) is 12.1 Å². The van der Waals surface area contributed by atoms with Crippen LogP contribution < -0.4 is 5.73 Å². The van der Waals surface area contributed by atoms with Gasteiger partial charge < -0.3 is 10.5 Å². The molecule has 0 amide bonds. The largest absolute Gasteiger partial charge is 0.399 e. The number of aromatic nitrogens is 3. The van der Waals surface area contributed by atoms with Crippen molar-refractivity contribution < 1.29 is 4.74 Å². The van der Waals surface area contributed by atoms with Crippen molar-refractivity contribution >= 4 is 5.69 Å². The Balaban J connectivity index is 1.61. The van der Waals surface area contributed by atoms with Gasteiger partial charge in [0.2, 0.25) is 0 Å². The lowest BCUT2D eigenvalue weighted by atomic mass is 10.2. The summed E-state index contributed by atoms with van der Waals surface area (Å²) in [7, 11) is 0. The molecule has 1 aromatic carbocycles. The highest BCUT2D eigenvalue weighted by Crippen LogP contribution is 2.16. The molecule has 1 saturated heterocycles. The third kappa shape index (κ3) is 3.15. The van der Waals surface area contributed by atoms with Gasteiger partial charge in [0, 0.05) is 30.9 Å². The summed E-state index contributed by atoms with van der Waals surface area (Å²) >= 11 is 0. The van der Waals surface area contributed by atoms with Gasteiger partial charge in [-0.15, -0.1) is 0 Å². The first kappa shape index (κ1) is 13.1. The Morgan fingerprint density at radius 1 is 1.20 bits per heavy atom. The first-order valence-electron chi connectivity index (χ1n) is 6.87. The van der Waals surface area contributed by atoms with Crippen molar-refractivity contribution in [3.05, 3.63) is 30.6 Å². The number of anilines is 1. The standard InChI is InChI=1S/C14H19N5O/c15-13-3-1-2-12(10-13)14-16-11-19(17-14)5-4-18-6-8-20-9-7-18/h1-3,10-11H,4-9,15H2. The molecule has 2 N–H and O–H groups in total. The lowest BCUT2D eigenvalue weighted by molar-refractivity contribution is 0.0359. The second-order valence-corrected chi connectivity index (χ2v) is 4.91. The zero-order chi connectivity index (χ0) is 13.8. The smallest absolute Gasteiger partial charge is 0.181 e. The number of hydrogen-bond donors (Lipinski definition) is 1. The van der Waals surface area contributed by atoms with Gasteiger partial charge in [0.25, 0.3) is 0 Å². The fraction of sp³-hybridized carbons (Fsp3) is 0.429. The first-order valence-corrected chi connectivity index (χ1v) is 6.87. The molecule has 0 radical (unpaired) electrons. The van der Waals surface area contributed by atoms with Crippen LogP contribution in [0.5, 0.6) is 0 Å². The molecule has 0 unspecified atom stereocenters. The fourth-order valence-corrected chi connectivity index (χ4v) is 2.28. The van der Waals surface area contributed by atoms with E-state index in [1.807, 2.05) is 28.9 Å². The molecule has 1 aliphatic rings. The Bertz CT molecular complexity index is 562. The summed E-state index contributed by atoms with van der Waals surface area (Å²) in [5, 5.41) is 4.50. The molecule has 106 valence electrons. The molecule has 3 rings (SSSR count). The molecule has 0 spiro atoms. The highest BCUT2D eigenvalue weighted by atomic mass is 16.5. The molecule has 0 saturated carbocycles. The minimum atomic E-state index is 0.722. The second kappa shape index (κ2) is 6.02. The summed E-state index contributed by atoms with van der Waals surface area (Å²) in [6.07, 6.45) is 1.78. The minimum absolute atomic E-state index is 0.722. The quantitative estimate of drug-likeness (QED) is 0.837. The summed E-state index contributed by atoms with van der Waals surface area (Å²) < 4.78 is 7.22. The molecule has 20 heavy (non-hydrogen) atoms. The van der Waals surface area contributed by atoms with E-state index in [0.717, 1.165) is 56.5 Å². The number of nitrogen functional groups attached to an aromatic ring is 1. The Morgan fingerprint density at radius 3 is 2.85 bits per heavy atom. The molecule has 2 heterocycles. The van der Waals surface area contributed by atoms with E-state index in [4.69, 9.17) is 10.5 Å². The lowest BCUT2D eigenvalue weighted by Gasteiger charge is -2.26. The van der Waals surface area contributed by atoms with E-state index < -0.39 is 0 Å². The van der Waals surface area contributed by atoms with Gasteiger partial charge in [0.15, 0.2) is 5.82 Å². The number of benzene rings is 1. The highest BCUT2D eigenvalue weighted by Gasteiger charge is 2.10. The normalized spacial score (nSPS) is 16.4. The molecule has 0 atom stereocenters. The topological polar surface area (TPSA) is 69.2 Å². The molecule has 0 bridgehead atoms. The van der Waals surface area contributed by atoms with Gasteiger partial charge in [-0.05, 0) is 12.1 Å². The van der Waals surface area contributed by atoms with Crippen LogP contribution in [0.1, 0.15) is 0 Å². The Morgan fingerprint density at radius 2 is 2.05 bits per heavy atom. The van der Waals surface area contributed by atoms with Crippen molar-refractivity contribution in [2.45, 2.75) is 6.54 Å². The molecule has 2 aromatic rings. The van der Waals surface area contributed by atoms with Gasteiger partial charge >= 0.3 is 0 Å². The van der Waals surface area contributed by atoms with Crippen LogP contribution >= 0.6 is 0 Å². The number of rotatable bonds is 4. The Labute approximate surface area is 118 Å². The summed E-state index contributed by atoms with van der Waals surface area (Å²) in [6, 6.07) is 7.64. The van der Waals surface area contributed by atoms with Crippen LogP contribution in [-0.4, -0.2) is 52.5 Å². The highest BCUT2D eigenvalue weighted by molar-refractivity contribution is 5.60. The zero-order valence-corrected chi connectivity index (χ0v) is 11.4. The van der Waals surface area contributed by atoms with Crippen molar-refractivity contribution in [2.75, 3.05) is 38.6 Å². The SMILES string of the molecule is Nc1cccc(-c2ncn(CCN3CCOCC3)n2)c1. The minimum Gasteiger partial charge on any atom is -0.399 e. The third-order valence-corrected chi connectivity index (χ3v) is 3.43. The fourth-order valence-electron chi connectivity index (χ4n) is 2.28. The van der Waals surface area contributed by atoms with E-state index >= 15 is 0 Å². The van der Waals surface area contributed by atoms with Crippen molar-refractivity contribution in [3.8, 4) is 11.4 Å². The van der Waals surface area contributed by atoms with E-state index in [1.165, 1.54) is 0 Å². The molecular formula is C14H19N5O. The Kier molecular flexibility index (Phi) is 3.94. The van der Waals surface area contributed by atoms with Crippen molar-refractivity contribution in [1.29, 1.82) is 0 Å². The van der Waals surface area contributed by atoms with Crippen LogP contribution in [0.4, 0.5) is 5.69 Å². The van der Waals surface area contributed by atoms with E-state index in [1.54, 1.807) is 6.33 Å². The number of nitrogens with two attached hydrogens (primary N) is 1. The molecular weight excluding hydrogens is 254 g/mol. The van der Waals surface area contributed by atoms with Crippen LogP contribution in [0.2, 0.25) is 0 Å². The van der Waals surface area contributed by atoms with Gasteiger partial charge in [-0.3, -0.25) is 9.58 Å². The molecule has 1 aliphatic heterocycles. The monoisotopic (exact) mass is 273 g/mol. The first-order chi connectivity index (χ1) is 9.81. The summed E-state index contributed by atoms with van der Waals surface area (Å²) in [5.74, 6) is 0.722. The van der Waals surface area contributed by atoms with E-state index in [0.29, 0.717) is 0 Å². The number of morpholine rings is 1. The van der Waals surface area contributed by atoms with Crippen LogP contribution in [0, 0.1) is 0 Å². The maximum absolute atomic E-state index is 5.78. The van der Waals surface area contributed by atoms with Gasteiger partial charge in [-0.25, -0.2) is 4.98 Å². The number of hydrogen-bond acceptors (Lipinski definition) is 5. The molecule has 1 aromatic heterocycles. The van der Waals surface area contributed by atoms with Gasteiger partial charge in [0.1, 0.15) is 6.33 Å². The summed E-state index contributed by atoms with van der Waals surface area (Å²) in [5.41, 5.74) is 7.46. The van der Waals surface area contributed by atoms with E-state index in [-0.39, 0.29) is 0 Å². The predicted molar refractivity (Wildman–Crippen MR) is 77.1 cm³/mol. The Hall–Kier alpha value is -1.92. The summed E-state index contributed by atoms with van der Waals surface area (Å²) in [4.78, 5) is 6.72. The molecule has 6 nitrogen and oxygen atoms in total. The lowest BCUT2D eigenvalue weighted by Crippen LogP contribution is -2.38. The van der Waals surface area contributed by atoms with Crippen molar-refractivity contribution in [3.63, 3.8) is 0 Å². The van der Waals surface area contributed by atoms with E-state index in [9.17, 15) is 0 Å². The van der Waals surface area contributed by atoms with Crippen molar-refractivity contribution in [1.82, 2.24) is 19.7 Å². The maximum Gasteiger partial charge on any atom is 0.181 e. The van der Waals surface area contributed by atoms with Crippen LogP contribution in [0.15, 0.2) is 30.6 Å². The average molecular weight is 273 g/mol. The average Bonchev–Trinajstić information content (AvgIpc) is 2.95. The van der Waals surface area contributed by atoms with Gasteiger partial charge in [0.05, 0.1) is 19.8 Å².